The van der Waals surface area contributed by atoms with Crippen molar-refractivity contribution in [3.05, 3.63) is 18.2 Å². The highest BCUT2D eigenvalue weighted by atomic mass is 16.5. The Balaban J connectivity index is 1.96. The van der Waals surface area contributed by atoms with E-state index in [1.807, 2.05) is 17.1 Å². The Morgan fingerprint density at radius 1 is 1.17 bits per heavy atom. The van der Waals surface area contributed by atoms with Gasteiger partial charge in [-0.3, -0.25) is 0 Å². The molecule has 0 atom stereocenters. The average molecular weight is 257 g/mol. The molecular formula is C12H23N3O3. The molecule has 18 heavy (non-hydrogen) atoms. The second-order valence-electron chi connectivity index (χ2n) is 3.86. The standard InChI is InChI=1S/C12H23N3O3/c1-16-6-7-18-9-8-17-5-4-15-10-12(2-3-13)14-11-15/h10-11H,2-9,13H2,1H3. The molecule has 0 saturated carbocycles. The van der Waals surface area contributed by atoms with Gasteiger partial charge >= 0.3 is 0 Å². The molecule has 104 valence electrons. The number of imidazole rings is 1. The zero-order valence-corrected chi connectivity index (χ0v) is 11.0. The first-order chi connectivity index (χ1) is 8.86. The molecule has 0 aliphatic rings. The van der Waals surface area contributed by atoms with E-state index in [-0.39, 0.29) is 0 Å². The van der Waals surface area contributed by atoms with E-state index in [4.69, 9.17) is 19.9 Å². The van der Waals surface area contributed by atoms with Gasteiger partial charge in [0.05, 0.1) is 45.1 Å². The zero-order chi connectivity index (χ0) is 13.1. The summed E-state index contributed by atoms with van der Waals surface area (Å²) in [5.74, 6) is 0. The lowest BCUT2D eigenvalue weighted by molar-refractivity contribution is 0.0230. The largest absolute Gasteiger partial charge is 0.382 e. The van der Waals surface area contributed by atoms with Gasteiger partial charge in [-0.05, 0) is 6.54 Å². The van der Waals surface area contributed by atoms with Crippen LogP contribution in [0.5, 0.6) is 0 Å². The topological polar surface area (TPSA) is 71.5 Å². The lowest BCUT2D eigenvalue weighted by Crippen LogP contribution is -2.11. The van der Waals surface area contributed by atoms with Crippen molar-refractivity contribution >= 4 is 0 Å². The smallest absolute Gasteiger partial charge is 0.0950 e. The number of rotatable bonds is 11. The SMILES string of the molecule is COCCOCCOCCn1cnc(CCN)c1. The van der Waals surface area contributed by atoms with Crippen LogP contribution in [0.15, 0.2) is 12.5 Å². The predicted molar refractivity (Wildman–Crippen MR) is 68.5 cm³/mol. The quantitative estimate of drug-likeness (QED) is 0.568. The third-order valence-corrected chi connectivity index (χ3v) is 2.38. The Labute approximate surface area is 108 Å². The van der Waals surface area contributed by atoms with E-state index in [1.54, 1.807) is 7.11 Å². The second kappa shape index (κ2) is 10.0. The highest BCUT2D eigenvalue weighted by Crippen LogP contribution is 1.96. The molecule has 0 aliphatic carbocycles. The van der Waals surface area contributed by atoms with Crippen molar-refractivity contribution in [1.29, 1.82) is 0 Å². The van der Waals surface area contributed by atoms with Crippen LogP contribution in [0.3, 0.4) is 0 Å². The van der Waals surface area contributed by atoms with Gasteiger partial charge in [0.1, 0.15) is 0 Å². The van der Waals surface area contributed by atoms with E-state index in [2.05, 4.69) is 4.98 Å². The maximum Gasteiger partial charge on any atom is 0.0950 e. The van der Waals surface area contributed by atoms with Crippen molar-refractivity contribution in [2.45, 2.75) is 13.0 Å². The van der Waals surface area contributed by atoms with Gasteiger partial charge in [0.2, 0.25) is 0 Å². The number of nitrogens with two attached hydrogens (primary N) is 1. The van der Waals surface area contributed by atoms with Gasteiger partial charge in [-0.2, -0.15) is 0 Å². The third kappa shape index (κ3) is 6.70. The number of methoxy groups -OCH3 is 1. The summed E-state index contributed by atoms with van der Waals surface area (Å²) in [4.78, 5) is 4.24. The fourth-order valence-corrected chi connectivity index (χ4v) is 1.44. The maximum atomic E-state index is 5.46. The van der Waals surface area contributed by atoms with Crippen molar-refractivity contribution in [3.8, 4) is 0 Å². The lowest BCUT2D eigenvalue weighted by Gasteiger charge is -2.05. The summed E-state index contributed by atoms with van der Waals surface area (Å²) in [6.07, 6.45) is 4.63. The van der Waals surface area contributed by atoms with E-state index in [1.165, 1.54) is 0 Å². The highest BCUT2D eigenvalue weighted by molar-refractivity contribution is 4.96. The van der Waals surface area contributed by atoms with Crippen LogP contribution < -0.4 is 5.73 Å². The van der Waals surface area contributed by atoms with Crippen molar-refractivity contribution in [2.75, 3.05) is 46.7 Å². The van der Waals surface area contributed by atoms with Crippen molar-refractivity contribution in [1.82, 2.24) is 9.55 Å². The number of nitrogens with zero attached hydrogens (tertiary/aromatic N) is 2. The molecule has 0 fully saturated rings. The summed E-state index contributed by atoms with van der Waals surface area (Å²) in [7, 11) is 1.66. The first-order valence-corrected chi connectivity index (χ1v) is 6.22. The van der Waals surface area contributed by atoms with Gasteiger partial charge < -0.3 is 24.5 Å². The molecule has 0 bridgehead atoms. The summed E-state index contributed by atoms with van der Waals surface area (Å²) in [6.45, 7) is 4.54. The molecule has 0 spiro atoms. The Morgan fingerprint density at radius 3 is 2.61 bits per heavy atom. The van der Waals surface area contributed by atoms with Gasteiger partial charge in [-0.15, -0.1) is 0 Å². The minimum absolute atomic E-state index is 0.603. The van der Waals surface area contributed by atoms with E-state index < -0.39 is 0 Å². The van der Waals surface area contributed by atoms with Crippen molar-refractivity contribution in [2.24, 2.45) is 5.73 Å². The molecule has 0 radical (unpaired) electrons. The fraction of sp³-hybridized carbons (Fsp3) is 0.750. The summed E-state index contributed by atoms with van der Waals surface area (Å²) < 4.78 is 17.6. The normalized spacial score (nSPS) is 11.0. The molecule has 1 heterocycles. The third-order valence-electron chi connectivity index (χ3n) is 2.38. The molecule has 0 amide bonds. The average Bonchev–Trinajstić information content (AvgIpc) is 2.81. The van der Waals surface area contributed by atoms with E-state index in [9.17, 15) is 0 Å². The van der Waals surface area contributed by atoms with E-state index >= 15 is 0 Å². The van der Waals surface area contributed by atoms with E-state index in [0.717, 1.165) is 18.7 Å². The van der Waals surface area contributed by atoms with Crippen LogP contribution in [0.2, 0.25) is 0 Å². The number of aromatic nitrogens is 2. The molecule has 1 rings (SSSR count). The Hall–Kier alpha value is -0.950. The number of hydrogen-bond donors (Lipinski definition) is 1. The minimum Gasteiger partial charge on any atom is -0.382 e. The molecule has 1 aromatic heterocycles. The van der Waals surface area contributed by atoms with Crippen LogP contribution in [0.1, 0.15) is 5.69 Å². The molecule has 0 saturated heterocycles. The van der Waals surface area contributed by atoms with Crippen LogP contribution in [-0.2, 0) is 27.2 Å². The molecule has 0 aliphatic heterocycles. The molecule has 6 heteroatoms. The fourth-order valence-electron chi connectivity index (χ4n) is 1.44. The van der Waals surface area contributed by atoms with Gasteiger partial charge in [0.25, 0.3) is 0 Å². The van der Waals surface area contributed by atoms with Crippen LogP contribution in [-0.4, -0.2) is 56.2 Å². The summed E-state index contributed by atoms with van der Waals surface area (Å²) in [6, 6.07) is 0. The lowest BCUT2D eigenvalue weighted by atomic mass is 10.3. The molecule has 6 nitrogen and oxygen atoms in total. The molecule has 1 aromatic rings. The van der Waals surface area contributed by atoms with Crippen LogP contribution >= 0.6 is 0 Å². The summed E-state index contributed by atoms with van der Waals surface area (Å²) in [5, 5.41) is 0. The maximum absolute atomic E-state index is 5.46. The Morgan fingerprint density at radius 2 is 1.89 bits per heavy atom. The minimum atomic E-state index is 0.603. The van der Waals surface area contributed by atoms with Crippen LogP contribution in [0.25, 0.3) is 0 Å². The van der Waals surface area contributed by atoms with Crippen molar-refractivity contribution in [3.63, 3.8) is 0 Å². The van der Waals surface area contributed by atoms with Crippen molar-refractivity contribution < 1.29 is 14.2 Å². The van der Waals surface area contributed by atoms with Crippen LogP contribution in [0, 0.1) is 0 Å². The second-order valence-corrected chi connectivity index (χ2v) is 3.86. The monoisotopic (exact) mass is 257 g/mol. The first kappa shape index (κ1) is 15.1. The van der Waals surface area contributed by atoms with Gasteiger partial charge in [0, 0.05) is 26.3 Å². The summed E-state index contributed by atoms with van der Waals surface area (Å²) >= 11 is 0. The molecule has 0 unspecified atom stereocenters. The Kier molecular flexibility index (Phi) is 8.41. The predicted octanol–water partition coefficient (Wildman–Crippen LogP) is 0.0639. The molecule has 0 aromatic carbocycles. The first-order valence-electron chi connectivity index (χ1n) is 6.22. The van der Waals surface area contributed by atoms with Crippen LogP contribution in [0.4, 0.5) is 0 Å². The molecular weight excluding hydrogens is 234 g/mol. The number of hydrogen-bond acceptors (Lipinski definition) is 5. The van der Waals surface area contributed by atoms with E-state index in [0.29, 0.717) is 39.6 Å². The molecule has 2 N–H and O–H groups in total. The number of ether oxygens (including phenoxy) is 3. The zero-order valence-electron chi connectivity index (χ0n) is 11.0. The Bertz CT molecular complexity index is 305. The van der Waals surface area contributed by atoms with Gasteiger partial charge in [0.15, 0.2) is 0 Å². The van der Waals surface area contributed by atoms with Gasteiger partial charge in [-0.1, -0.05) is 0 Å². The summed E-state index contributed by atoms with van der Waals surface area (Å²) in [5.41, 5.74) is 6.49. The van der Waals surface area contributed by atoms with Gasteiger partial charge in [-0.25, -0.2) is 4.98 Å². The highest BCUT2D eigenvalue weighted by Gasteiger charge is 1.97.